The van der Waals surface area contributed by atoms with Crippen LogP contribution in [-0.4, -0.2) is 64.0 Å². The van der Waals surface area contributed by atoms with Crippen LogP contribution >= 0.6 is 23.5 Å². The number of aliphatic hydroxyl groups is 1. The molecule has 3 heterocycles. The molecular formula is C17H16N2O6S2. The van der Waals surface area contributed by atoms with Gasteiger partial charge in [0.05, 0.1) is 17.1 Å². The number of carbonyl (C=O) groups is 3. The summed E-state index contributed by atoms with van der Waals surface area (Å²) in [4.78, 5) is 38.0. The Morgan fingerprint density at radius 2 is 2.11 bits per heavy atom. The number of amides is 3. The van der Waals surface area contributed by atoms with E-state index >= 15 is 0 Å². The highest BCUT2D eigenvalue weighted by atomic mass is 32.2. The largest absolute Gasteiger partial charge is 0.454 e. The van der Waals surface area contributed by atoms with Crippen molar-refractivity contribution in [2.45, 2.75) is 12.1 Å². The Labute approximate surface area is 163 Å². The number of hydrogen-bond donors (Lipinski definition) is 2. The minimum atomic E-state index is -0.611. The van der Waals surface area contributed by atoms with Crippen LogP contribution in [-0.2, 0) is 9.59 Å². The van der Waals surface area contributed by atoms with Crippen molar-refractivity contribution in [2.75, 3.05) is 24.8 Å². The molecule has 2 saturated heterocycles. The molecule has 3 amide bonds. The predicted octanol–water partition coefficient (Wildman–Crippen LogP) is 1.04. The smallest absolute Gasteiger partial charge is 0.294 e. The summed E-state index contributed by atoms with van der Waals surface area (Å²) in [5.41, 5.74) is 0.695. The van der Waals surface area contributed by atoms with Gasteiger partial charge in [-0.3, -0.25) is 19.3 Å². The van der Waals surface area contributed by atoms with E-state index in [1.807, 2.05) is 0 Å². The normalized spacial score (nSPS) is 25.5. The molecule has 0 bridgehead atoms. The van der Waals surface area contributed by atoms with Crippen molar-refractivity contribution in [3.05, 3.63) is 28.7 Å². The van der Waals surface area contributed by atoms with Gasteiger partial charge >= 0.3 is 0 Å². The first-order valence-electron chi connectivity index (χ1n) is 8.21. The molecule has 2 atom stereocenters. The summed E-state index contributed by atoms with van der Waals surface area (Å²) in [6.07, 6.45) is 0.974. The summed E-state index contributed by atoms with van der Waals surface area (Å²) >= 11 is 2.33. The molecule has 1 aromatic rings. The van der Waals surface area contributed by atoms with Crippen LogP contribution < -0.4 is 14.8 Å². The van der Waals surface area contributed by atoms with E-state index in [1.165, 1.54) is 0 Å². The number of aliphatic hydroxyl groups excluding tert-OH is 1. The zero-order valence-corrected chi connectivity index (χ0v) is 15.7. The molecule has 0 radical (unpaired) electrons. The quantitative estimate of drug-likeness (QED) is 0.712. The van der Waals surface area contributed by atoms with Crippen molar-refractivity contribution < 1.29 is 29.0 Å². The van der Waals surface area contributed by atoms with E-state index in [1.54, 1.807) is 36.0 Å². The van der Waals surface area contributed by atoms with Crippen molar-refractivity contribution in [2.24, 2.45) is 0 Å². The minimum Gasteiger partial charge on any atom is -0.454 e. The average molecular weight is 408 g/mol. The van der Waals surface area contributed by atoms with Crippen molar-refractivity contribution in [3.8, 4) is 11.5 Å². The van der Waals surface area contributed by atoms with Gasteiger partial charge in [0.15, 0.2) is 11.5 Å². The lowest BCUT2D eigenvalue weighted by Crippen LogP contribution is -2.47. The summed E-state index contributed by atoms with van der Waals surface area (Å²) in [6, 6.07) is 4.86. The fourth-order valence-corrected chi connectivity index (χ4v) is 4.88. The number of imide groups is 1. The standard InChI is InChI=1S/C17H16N2O6S2/c20-11-7-26-6-10(11)18-15(21)5-19-16(22)14(27-17(19)23)4-9-1-2-12-13(3-9)25-8-24-12/h1-4,10-11,20H,5-8H2,(H,18,21). The Balaban J connectivity index is 1.43. The molecule has 142 valence electrons. The molecule has 1 aromatic carbocycles. The zero-order chi connectivity index (χ0) is 19.0. The van der Waals surface area contributed by atoms with E-state index in [4.69, 9.17) is 9.47 Å². The van der Waals surface area contributed by atoms with E-state index in [-0.39, 0.29) is 24.3 Å². The molecule has 0 aliphatic carbocycles. The summed E-state index contributed by atoms with van der Waals surface area (Å²) in [5.74, 6) is 1.40. The number of carbonyl (C=O) groups excluding carboxylic acids is 3. The van der Waals surface area contributed by atoms with Crippen LogP contribution in [0.2, 0.25) is 0 Å². The lowest BCUT2D eigenvalue weighted by atomic mass is 10.2. The van der Waals surface area contributed by atoms with Gasteiger partial charge in [-0.2, -0.15) is 11.8 Å². The third-order valence-electron chi connectivity index (χ3n) is 4.27. The highest BCUT2D eigenvalue weighted by Crippen LogP contribution is 2.36. The third-order valence-corrected chi connectivity index (χ3v) is 6.35. The van der Waals surface area contributed by atoms with Gasteiger partial charge in [0.25, 0.3) is 11.1 Å². The molecular weight excluding hydrogens is 392 g/mol. The summed E-state index contributed by atoms with van der Waals surface area (Å²) in [6.45, 7) is -0.213. The summed E-state index contributed by atoms with van der Waals surface area (Å²) in [5, 5.41) is 11.9. The first kappa shape index (κ1) is 18.2. The molecule has 3 aliphatic rings. The van der Waals surface area contributed by atoms with Crippen LogP contribution in [0.4, 0.5) is 4.79 Å². The fraction of sp³-hybridized carbons (Fsp3) is 0.353. The molecule has 2 unspecified atom stereocenters. The van der Waals surface area contributed by atoms with E-state index in [2.05, 4.69) is 5.32 Å². The van der Waals surface area contributed by atoms with Crippen molar-refractivity contribution >= 4 is 46.7 Å². The van der Waals surface area contributed by atoms with Crippen LogP contribution in [0.15, 0.2) is 23.1 Å². The Morgan fingerprint density at radius 3 is 2.89 bits per heavy atom. The van der Waals surface area contributed by atoms with Gasteiger partial charge < -0.3 is 19.9 Å². The first-order chi connectivity index (χ1) is 13.0. The maximum Gasteiger partial charge on any atom is 0.294 e. The van der Waals surface area contributed by atoms with E-state index < -0.39 is 23.2 Å². The number of ether oxygens (including phenoxy) is 2. The maximum absolute atomic E-state index is 12.5. The topological polar surface area (TPSA) is 105 Å². The lowest BCUT2D eigenvalue weighted by molar-refractivity contribution is -0.129. The lowest BCUT2D eigenvalue weighted by Gasteiger charge is -2.18. The molecule has 27 heavy (non-hydrogen) atoms. The van der Waals surface area contributed by atoms with Gasteiger partial charge in [0, 0.05) is 11.5 Å². The Morgan fingerprint density at radius 1 is 1.30 bits per heavy atom. The fourth-order valence-electron chi connectivity index (χ4n) is 2.87. The highest BCUT2D eigenvalue weighted by Gasteiger charge is 2.37. The van der Waals surface area contributed by atoms with Crippen LogP contribution in [0.25, 0.3) is 6.08 Å². The van der Waals surface area contributed by atoms with E-state index in [0.717, 1.165) is 16.7 Å². The number of benzene rings is 1. The van der Waals surface area contributed by atoms with E-state index in [0.29, 0.717) is 28.6 Å². The van der Waals surface area contributed by atoms with Crippen molar-refractivity contribution in [1.29, 1.82) is 0 Å². The first-order valence-corrected chi connectivity index (χ1v) is 10.2. The van der Waals surface area contributed by atoms with Crippen molar-refractivity contribution in [1.82, 2.24) is 10.2 Å². The second-order valence-corrected chi connectivity index (χ2v) is 8.23. The molecule has 0 spiro atoms. The molecule has 10 heteroatoms. The number of nitrogens with one attached hydrogen (secondary N) is 1. The van der Waals surface area contributed by atoms with Gasteiger partial charge in [-0.1, -0.05) is 6.07 Å². The number of hydrogen-bond acceptors (Lipinski definition) is 8. The van der Waals surface area contributed by atoms with Crippen LogP contribution in [0.1, 0.15) is 5.56 Å². The number of fused-ring (bicyclic) bond motifs is 1. The molecule has 4 rings (SSSR count). The van der Waals surface area contributed by atoms with Crippen LogP contribution in [0.5, 0.6) is 11.5 Å². The minimum absolute atomic E-state index is 0.151. The molecule has 8 nitrogen and oxygen atoms in total. The monoisotopic (exact) mass is 408 g/mol. The molecule has 0 aromatic heterocycles. The highest BCUT2D eigenvalue weighted by molar-refractivity contribution is 8.18. The van der Waals surface area contributed by atoms with Crippen molar-refractivity contribution in [3.63, 3.8) is 0 Å². The Hall–Kier alpha value is -2.17. The third kappa shape index (κ3) is 3.78. The maximum atomic E-state index is 12.5. The number of rotatable bonds is 4. The van der Waals surface area contributed by atoms with Gasteiger partial charge in [-0.25, -0.2) is 0 Å². The molecule has 2 fully saturated rings. The summed E-state index contributed by atoms with van der Waals surface area (Å²) < 4.78 is 10.5. The Bertz CT molecular complexity index is 843. The van der Waals surface area contributed by atoms with E-state index in [9.17, 15) is 19.5 Å². The van der Waals surface area contributed by atoms with Gasteiger partial charge in [-0.15, -0.1) is 0 Å². The number of thioether (sulfide) groups is 2. The van der Waals surface area contributed by atoms with Crippen LogP contribution in [0, 0.1) is 0 Å². The van der Waals surface area contributed by atoms with Gasteiger partial charge in [-0.05, 0) is 35.5 Å². The molecule has 3 aliphatic heterocycles. The molecule has 2 N–H and O–H groups in total. The molecule has 0 saturated carbocycles. The predicted molar refractivity (Wildman–Crippen MR) is 101 cm³/mol. The second kappa shape index (κ2) is 7.45. The Kier molecular flexibility index (Phi) is 5.02. The zero-order valence-electron chi connectivity index (χ0n) is 14.0. The van der Waals surface area contributed by atoms with Gasteiger partial charge in [0.2, 0.25) is 12.7 Å². The van der Waals surface area contributed by atoms with Crippen LogP contribution in [0.3, 0.4) is 0 Å². The second-order valence-electron chi connectivity index (χ2n) is 6.16. The summed E-state index contributed by atoms with van der Waals surface area (Å²) in [7, 11) is 0. The van der Waals surface area contributed by atoms with Gasteiger partial charge in [0.1, 0.15) is 6.54 Å². The SMILES string of the molecule is O=C(CN1C(=O)SC(=Cc2ccc3c(c2)OCO3)C1=O)NC1CSCC1O. The average Bonchev–Trinajstić information content (AvgIpc) is 3.32. The number of nitrogens with zero attached hydrogens (tertiary/aromatic N) is 1.